The quantitative estimate of drug-likeness (QED) is 0.942. The normalized spacial score (nSPS) is 19.0. The highest BCUT2D eigenvalue weighted by molar-refractivity contribution is 7.13. The average molecular weight is 316 g/mol. The summed E-state index contributed by atoms with van der Waals surface area (Å²) in [4.78, 5) is 14.7. The van der Waals surface area contributed by atoms with Crippen molar-refractivity contribution < 1.29 is 4.79 Å². The second-order valence-corrected chi connectivity index (χ2v) is 6.63. The van der Waals surface area contributed by atoms with Crippen LogP contribution in [0.15, 0.2) is 29.8 Å². The molecular formula is C16H20N4OS. The highest BCUT2D eigenvalue weighted by Gasteiger charge is 2.26. The Morgan fingerprint density at radius 2 is 2.23 bits per heavy atom. The molecule has 3 rings (SSSR count). The van der Waals surface area contributed by atoms with Crippen molar-refractivity contribution in [2.24, 2.45) is 5.92 Å². The molecule has 22 heavy (non-hydrogen) atoms. The minimum absolute atomic E-state index is 0.0306. The van der Waals surface area contributed by atoms with E-state index in [1.807, 2.05) is 0 Å². The number of hydrogen-bond donors (Lipinski definition) is 1. The van der Waals surface area contributed by atoms with E-state index in [2.05, 4.69) is 51.6 Å². The fraction of sp³-hybridized carbons (Fsp3) is 0.438. The van der Waals surface area contributed by atoms with Gasteiger partial charge in [0.2, 0.25) is 11.0 Å². The highest BCUT2D eigenvalue weighted by atomic mass is 32.1. The van der Waals surface area contributed by atoms with Gasteiger partial charge in [-0.2, -0.15) is 0 Å². The molecule has 0 spiro atoms. The van der Waals surface area contributed by atoms with Crippen LogP contribution < -0.4 is 5.32 Å². The van der Waals surface area contributed by atoms with E-state index in [0.29, 0.717) is 5.13 Å². The molecule has 1 saturated heterocycles. The second-order valence-electron chi connectivity index (χ2n) is 5.79. The Morgan fingerprint density at radius 3 is 2.95 bits per heavy atom. The van der Waals surface area contributed by atoms with Gasteiger partial charge < -0.3 is 5.32 Å². The van der Waals surface area contributed by atoms with Crippen LogP contribution in [0.5, 0.6) is 0 Å². The van der Waals surface area contributed by atoms with Crippen molar-refractivity contribution in [3.8, 4) is 0 Å². The molecular weight excluding hydrogens is 296 g/mol. The van der Waals surface area contributed by atoms with E-state index in [9.17, 15) is 4.79 Å². The van der Waals surface area contributed by atoms with Crippen molar-refractivity contribution in [3.05, 3.63) is 40.9 Å². The molecule has 1 N–H and O–H groups in total. The van der Waals surface area contributed by atoms with Gasteiger partial charge in [0.1, 0.15) is 5.51 Å². The molecule has 0 saturated carbocycles. The number of aromatic nitrogens is 2. The first-order valence-corrected chi connectivity index (χ1v) is 8.43. The van der Waals surface area contributed by atoms with Crippen LogP contribution in [0.25, 0.3) is 0 Å². The number of piperidine rings is 1. The molecule has 1 amide bonds. The predicted molar refractivity (Wildman–Crippen MR) is 87.7 cm³/mol. The maximum absolute atomic E-state index is 12.3. The van der Waals surface area contributed by atoms with E-state index < -0.39 is 0 Å². The topological polar surface area (TPSA) is 58.1 Å². The van der Waals surface area contributed by atoms with Gasteiger partial charge in [-0.3, -0.25) is 9.69 Å². The molecule has 2 aromatic rings. The summed E-state index contributed by atoms with van der Waals surface area (Å²) in [6.45, 7) is 4.86. The van der Waals surface area contributed by atoms with E-state index in [4.69, 9.17) is 0 Å². The lowest BCUT2D eigenvalue weighted by atomic mass is 9.96. The van der Waals surface area contributed by atoms with Crippen molar-refractivity contribution in [2.45, 2.75) is 26.3 Å². The van der Waals surface area contributed by atoms with E-state index in [1.165, 1.54) is 22.5 Å². The molecule has 1 aromatic heterocycles. The molecule has 6 heteroatoms. The summed E-state index contributed by atoms with van der Waals surface area (Å²) in [5.74, 6) is 0.0912. The largest absolute Gasteiger partial charge is 0.300 e. The number of benzene rings is 1. The number of hydrogen-bond acceptors (Lipinski definition) is 5. The summed E-state index contributed by atoms with van der Waals surface area (Å²) in [6.07, 6.45) is 2.00. The van der Waals surface area contributed by atoms with Crippen LogP contribution in [0.3, 0.4) is 0 Å². The smallest absolute Gasteiger partial charge is 0.230 e. The molecule has 1 unspecified atom stereocenters. The van der Waals surface area contributed by atoms with Gasteiger partial charge in [0, 0.05) is 13.1 Å². The summed E-state index contributed by atoms with van der Waals surface area (Å²) >= 11 is 1.35. The number of rotatable bonds is 4. The van der Waals surface area contributed by atoms with E-state index in [0.717, 1.165) is 32.5 Å². The van der Waals surface area contributed by atoms with Crippen molar-refractivity contribution in [1.29, 1.82) is 0 Å². The fourth-order valence-electron chi connectivity index (χ4n) is 2.80. The Kier molecular flexibility index (Phi) is 4.80. The maximum Gasteiger partial charge on any atom is 0.230 e. The van der Waals surface area contributed by atoms with Crippen LogP contribution in [-0.4, -0.2) is 34.1 Å². The van der Waals surface area contributed by atoms with Crippen molar-refractivity contribution >= 4 is 22.4 Å². The summed E-state index contributed by atoms with van der Waals surface area (Å²) in [6, 6.07) is 8.61. The standard InChI is InChI=1S/C16H20N4OS/c1-12-4-6-13(7-5-12)9-20-8-2-3-14(10-20)15(21)18-16-19-17-11-22-16/h4-7,11,14H,2-3,8-10H2,1H3,(H,18,19,21). The minimum atomic E-state index is 0.0306. The molecule has 2 heterocycles. The van der Waals surface area contributed by atoms with Crippen LogP contribution in [0.4, 0.5) is 5.13 Å². The number of anilines is 1. The van der Waals surface area contributed by atoms with Gasteiger partial charge in [0.15, 0.2) is 0 Å². The van der Waals surface area contributed by atoms with Crippen LogP contribution in [0.1, 0.15) is 24.0 Å². The SMILES string of the molecule is Cc1ccc(CN2CCCC(C(=O)Nc3nncs3)C2)cc1. The maximum atomic E-state index is 12.3. The summed E-state index contributed by atoms with van der Waals surface area (Å²) in [5, 5.41) is 11.1. The minimum Gasteiger partial charge on any atom is -0.300 e. The van der Waals surface area contributed by atoms with Gasteiger partial charge in [-0.1, -0.05) is 41.2 Å². The second kappa shape index (κ2) is 6.98. The fourth-order valence-corrected chi connectivity index (χ4v) is 3.25. The van der Waals surface area contributed by atoms with Crippen molar-refractivity contribution in [3.63, 3.8) is 0 Å². The summed E-state index contributed by atoms with van der Waals surface area (Å²) in [5.41, 5.74) is 4.20. The average Bonchev–Trinajstić information content (AvgIpc) is 3.03. The van der Waals surface area contributed by atoms with Crippen molar-refractivity contribution in [1.82, 2.24) is 15.1 Å². The van der Waals surface area contributed by atoms with Gasteiger partial charge in [-0.05, 0) is 31.9 Å². The molecule has 1 aromatic carbocycles. The van der Waals surface area contributed by atoms with Gasteiger partial charge in [0.05, 0.1) is 5.92 Å². The Hall–Kier alpha value is -1.79. The van der Waals surface area contributed by atoms with E-state index in [-0.39, 0.29) is 11.8 Å². The Balaban J connectivity index is 1.56. The number of carbonyl (C=O) groups excluding carboxylic acids is 1. The summed E-state index contributed by atoms with van der Waals surface area (Å²) < 4.78 is 0. The zero-order valence-electron chi connectivity index (χ0n) is 12.7. The van der Waals surface area contributed by atoms with Gasteiger partial charge in [-0.25, -0.2) is 0 Å². The monoisotopic (exact) mass is 316 g/mol. The molecule has 1 aliphatic heterocycles. The van der Waals surface area contributed by atoms with E-state index in [1.54, 1.807) is 5.51 Å². The third-order valence-corrected chi connectivity index (χ3v) is 4.60. The van der Waals surface area contributed by atoms with Gasteiger partial charge >= 0.3 is 0 Å². The molecule has 5 nitrogen and oxygen atoms in total. The molecule has 1 atom stereocenters. The predicted octanol–water partition coefficient (Wildman–Crippen LogP) is 2.70. The highest BCUT2D eigenvalue weighted by Crippen LogP contribution is 2.21. The molecule has 1 aliphatic rings. The van der Waals surface area contributed by atoms with Crippen LogP contribution in [0.2, 0.25) is 0 Å². The van der Waals surface area contributed by atoms with E-state index >= 15 is 0 Å². The van der Waals surface area contributed by atoms with Crippen molar-refractivity contribution in [2.75, 3.05) is 18.4 Å². The Labute approximate surface area is 134 Å². The molecule has 1 fully saturated rings. The first-order valence-electron chi connectivity index (χ1n) is 7.55. The van der Waals surface area contributed by atoms with Crippen LogP contribution in [-0.2, 0) is 11.3 Å². The molecule has 0 radical (unpaired) electrons. The zero-order valence-corrected chi connectivity index (χ0v) is 13.5. The number of amides is 1. The van der Waals surface area contributed by atoms with Gasteiger partial charge in [-0.15, -0.1) is 10.2 Å². The Bertz CT molecular complexity index is 612. The number of nitrogens with zero attached hydrogens (tertiary/aromatic N) is 3. The summed E-state index contributed by atoms with van der Waals surface area (Å²) in [7, 11) is 0. The lowest BCUT2D eigenvalue weighted by molar-refractivity contribution is -0.121. The first-order chi connectivity index (χ1) is 10.7. The lowest BCUT2D eigenvalue weighted by Crippen LogP contribution is -2.40. The Morgan fingerprint density at radius 1 is 1.41 bits per heavy atom. The number of nitrogens with one attached hydrogen (secondary N) is 1. The third kappa shape index (κ3) is 3.90. The first kappa shape index (κ1) is 15.1. The molecule has 0 aliphatic carbocycles. The zero-order chi connectivity index (χ0) is 15.4. The van der Waals surface area contributed by atoms with Gasteiger partial charge in [0.25, 0.3) is 0 Å². The number of carbonyl (C=O) groups is 1. The molecule has 116 valence electrons. The molecule has 0 bridgehead atoms. The number of likely N-dealkylation sites (tertiary alicyclic amines) is 1. The lowest BCUT2D eigenvalue weighted by Gasteiger charge is -2.31. The third-order valence-electron chi connectivity index (χ3n) is 3.99. The number of aryl methyl sites for hydroxylation is 1. The van der Waals surface area contributed by atoms with Crippen LogP contribution >= 0.6 is 11.3 Å². The van der Waals surface area contributed by atoms with Crippen LogP contribution in [0, 0.1) is 12.8 Å².